The van der Waals surface area contributed by atoms with Gasteiger partial charge in [0.05, 0.1) is 17.3 Å². The molecule has 6 heteroatoms. The monoisotopic (exact) mass is 548 g/mol. The molecule has 0 bridgehead atoms. The highest BCUT2D eigenvalue weighted by molar-refractivity contribution is 14.1. The van der Waals surface area contributed by atoms with Gasteiger partial charge in [-0.3, -0.25) is 0 Å². The molecule has 1 aromatic heterocycles. The standard InChI is InChI=1S/C27H21IN2O3/c1-3-32-26-22(28)14-18(15-23(26)31-2)17-30-27-21(16-29)24(19-10-6-4-7-11-19)25(33-27)20-12-8-5-9-13-20/h4-15,17H,3H2,1-2H3. The van der Waals surface area contributed by atoms with Crippen molar-refractivity contribution >= 4 is 34.7 Å². The Balaban J connectivity index is 1.83. The molecule has 0 fully saturated rings. The second kappa shape index (κ2) is 10.4. The Bertz CT molecular complexity index is 1320. The highest BCUT2D eigenvalue weighted by Gasteiger charge is 2.22. The van der Waals surface area contributed by atoms with Gasteiger partial charge in [-0.25, -0.2) is 4.99 Å². The molecule has 164 valence electrons. The summed E-state index contributed by atoms with van der Waals surface area (Å²) in [6.45, 7) is 2.47. The minimum Gasteiger partial charge on any atom is -0.493 e. The quantitative estimate of drug-likeness (QED) is 0.180. The van der Waals surface area contributed by atoms with Gasteiger partial charge in [0.2, 0.25) is 5.88 Å². The molecular weight excluding hydrogens is 527 g/mol. The zero-order valence-corrected chi connectivity index (χ0v) is 20.4. The molecule has 0 radical (unpaired) electrons. The van der Waals surface area contributed by atoms with E-state index in [4.69, 9.17) is 13.9 Å². The molecule has 33 heavy (non-hydrogen) atoms. The van der Waals surface area contributed by atoms with Crippen LogP contribution in [0.1, 0.15) is 18.1 Å². The highest BCUT2D eigenvalue weighted by Crippen LogP contribution is 2.42. The third-order valence-corrected chi connectivity index (χ3v) is 5.77. The van der Waals surface area contributed by atoms with E-state index in [0.29, 0.717) is 29.4 Å². The van der Waals surface area contributed by atoms with E-state index in [1.807, 2.05) is 79.7 Å². The number of furan rings is 1. The van der Waals surface area contributed by atoms with Crippen molar-refractivity contribution in [3.05, 3.63) is 87.5 Å². The summed E-state index contributed by atoms with van der Waals surface area (Å²) in [5.41, 5.74) is 3.71. The molecule has 5 nitrogen and oxygen atoms in total. The van der Waals surface area contributed by atoms with E-state index in [2.05, 4.69) is 33.7 Å². The maximum atomic E-state index is 10.0. The number of aliphatic imine (C=N–C) groups is 1. The van der Waals surface area contributed by atoms with Gasteiger partial charge in [0.25, 0.3) is 0 Å². The molecular formula is C27H21IN2O3. The van der Waals surface area contributed by atoms with Crippen molar-refractivity contribution in [1.82, 2.24) is 0 Å². The molecule has 0 atom stereocenters. The molecule has 3 aromatic carbocycles. The highest BCUT2D eigenvalue weighted by atomic mass is 127. The summed E-state index contributed by atoms with van der Waals surface area (Å²) in [7, 11) is 1.60. The minimum atomic E-state index is 0.262. The fraction of sp³-hybridized carbons (Fsp3) is 0.111. The SMILES string of the molecule is CCOc1c(I)cc(C=Nc2oc(-c3ccccc3)c(-c3ccccc3)c2C#N)cc1OC. The maximum absolute atomic E-state index is 10.0. The van der Waals surface area contributed by atoms with E-state index < -0.39 is 0 Å². The lowest BCUT2D eigenvalue weighted by molar-refractivity contribution is 0.308. The molecule has 0 spiro atoms. The molecule has 1 heterocycles. The van der Waals surface area contributed by atoms with Crippen LogP contribution in [0, 0.1) is 14.9 Å². The Morgan fingerprint density at radius 2 is 1.70 bits per heavy atom. The van der Waals surface area contributed by atoms with Gasteiger partial charge in [-0.1, -0.05) is 60.7 Å². The molecule has 0 aliphatic carbocycles. The number of nitrogens with zero attached hydrogens (tertiary/aromatic N) is 2. The Labute approximate surface area is 206 Å². The Hall–Kier alpha value is -3.57. The normalized spacial score (nSPS) is 10.8. The van der Waals surface area contributed by atoms with Crippen molar-refractivity contribution in [2.45, 2.75) is 6.92 Å². The van der Waals surface area contributed by atoms with Crippen molar-refractivity contribution in [3.8, 4) is 40.0 Å². The van der Waals surface area contributed by atoms with E-state index in [0.717, 1.165) is 25.8 Å². The molecule has 0 unspecified atom stereocenters. The summed E-state index contributed by atoms with van der Waals surface area (Å²) in [6.07, 6.45) is 1.67. The Morgan fingerprint density at radius 3 is 2.30 bits per heavy atom. The van der Waals surface area contributed by atoms with Gasteiger partial charge in [0.1, 0.15) is 17.4 Å². The molecule has 0 aliphatic heterocycles. The number of hydrogen-bond donors (Lipinski definition) is 0. The van der Waals surface area contributed by atoms with Gasteiger partial charge < -0.3 is 13.9 Å². The van der Waals surface area contributed by atoms with E-state index in [-0.39, 0.29) is 5.88 Å². The predicted octanol–water partition coefficient (Wildman–Crippen LogP) is 7.25. The number of rotatable bonds is 7. The van der Waals surface area contributed by atoms with Crippen LogP contribution in [0.3, 0.4) is 0 Å². The van der Waals surface area contributed by atoms with Crippen molar-refractivity contribution in [1.29, 1.82) is 5.26 Å². The molecule has 0 saturated heterocycles. The first-order valence-corrected chi connectivity index (χ1v) is 11.5. The first kappa shape index (κ1) is 22.6. The number of nitriles is 1. The lowest BCUT2D eigenvalue weighted by Crippen LogP contribution is -1.99. The van der Waals surface area contributed by atoms with Crippen LogP contribution in [0.5, 0.6) is 11.5 Å². The number of ether oxygens (including phenoxy) is 2. The van der Waals surface area contributed by atoms with Crippen LogP contribution in [0.15, 0.2) is 82.2 Å². The third kappa shape index (κ3) is 4.78. The smallest absolute Gasteiger partial charge is 0.238 e. The number of halogens is 1. The van der Waals surface area contributed by atoms with Crippen molar-refractivity contribution < 1.29 is 13.9 Å². The van der Waals surface area contributed by atoms with Gasteiger partial charge in [0, 0.05) is 17.3 Å². The van der Waals surface area contributed by atoms with Gasteiger partial charge >= 0.3 is 0 Å². The van der Waals surface area contributed by atoms with Crippen molar-refractivity contribution in [3.63, 3.8) is 0 Å². The van der Waals surface area contributed by atoms with Crippen LogP contribution in [-0.2, 0) is 0 Å². The van der Waals surface area contributed by atoms with Crippen molar-refractivity contribution in [2.24, 2.45) is 4.99 Å². The molecule has 4 aromatic rings. The van der Waals surface area contributed by atoms with Crippen molar-refractivity contribution in [2.75, 3.05) is 13.7 Å². The summed E-state index contributed by atoms with van der Waals surface area (Å²) in [4.78, 5) is 4.56. The van der Waals surface area contributed by atoms with Gasteiger partial charge in [-0.15, -0.1) is 0 Å². The molecule has 0 amide bonds. The Morgan fingerprint density at radius 1 is 1.03 bits per heavy atom. The topological polar surface area (TPSA) is 67.8 Å². The van der Waals surface area contributed by atoms with Gasteiger partial charge in [-0.2, -0.15) is 5.26 Å². The first-order chi connectivity index (χ1) is 16.2. The van der Waals surface area contributed by atoms with Crippen LogP contribution in [0.25, 0.3) is 22.5 Å². The van der Waals surface area contributed by atoms with Crippen LogP contribution >= 0.6 is 22.6 Å². The lowest BCUT2D eigenvalue weighted by atomic mass is 9.98. The molecule has 4 rings (SSSR count). The largest absolute Gasteiger partial charge is 0.493 e. The van der Waals surface area contributed by atoms with Gasteiger partial charge in [0.15, 0.2) is 11.5 Å². The average molecular weight is 548 g/mol. The summed E-state index contributed by atoms with van der Waals surface area (Å²) in [6, 6.07) is 25.6. The lowest BCUT2D eigenvalue weighted by Gasteiger charge is -2.11. The number of methoxy groups -OCH3 is 1. The minimum absolute atomic E-state index is 0.262. The first-order valence-electron chi connectivity index (χ1n) is 10.4. The molecule has 0 saturated carbocycles. The van der Waals surface area contributed by atoms with Gasteiger partial charge in [-0.05, 0) is 52.8 Å². The average Bonchev–Trinajstić information content (AvgIpc) is 3.23. The van der Waals surface area contributed by atoms with E-state index in [9.17, 15) is 5.26 Å². The number of hydrogen-bond acceptors (Lipinski definition) is 5. The van der Waals surface area contributed by atoms with Crippen LogP contribution in [0.4, 0.5) is 5.88 Å². The number of benzene rings is 3. The summed E-state index contributed by atoms with van der Waals surface area (Å²) in [5.74, 6) is 2.20. The second-order valence-electron chi connectivity index (χ2n) is 7.06. The summed E-state index contributed by atoms with van der Waals surface area (Å²) >= 11 is 2.21. The van der Waals surface area contributed by atoms with E-state index >= 15 is 0 Å². The fourth-order valence-corrected chi connectivity index (χ4v) is 4.30. The Kier molecular flexibility index (Phi) is 7.10. The zero-order chi connectivity index (χ0) is 23.2. The predicted molar refractivity (Wildman–Crippen MR) is 138 cm³/mol. The second-order valence-corrected chi connectivity index (χ2v) is 8.22. The van der Waals surface area contributed by atoms with Crippen LogP contribution in [0.2, 0.25) is 0 Å². The van der Waals surface area contributed by atoms with E-state index in [1.54, 1.807) is 13.3 Å². The van der Waals surface area contributed by atoms with E-state index in [1.165, 1.54) is 0 Å². The molecule has 0 N–H and O–H groups in total. The zero-order valence-electron chi connectivity index (χ0n) is 18.2. The molecule has 0 aliphatic rings. The van der Waals surface area contributed by atoms with Crippen LogP contribution in [-0.4, -0.2) is 19.9 Å². The third-order valence-electron chi connectivity index (χ3n) is 4.97. The fourth-order valence-electron chi connectivity index (χ4n) is 3.52. The van der Waals surface area contributed by atoms with Crippen LogP contribution < -0.4 is 9.47 Å². The summed E-state index contributed by atoms with van der Waals surface area (Å²) < 4.78 is 18.3. The summed E-state index contributed by atoms with van der Waals surface area (Å²) in [5, 5.41) is 10.0. The maximum Gasteiger partial charge on any atom is 0.238 e.